The van der Waals surface area contributed by atoms with Gasteiger partial charge in [-0.25, -0.2) is 0 Å². The summed E-state index contributed by atoms with van der Waals surface area (Å²) in [4.78, 5) is 7.36. The quantitative estimate of drug-likeness (QED) is 0.242. The Morgan fingerprint density at radius 1 is 1.18 bits per heavy atom. The van der Waals surface area contributed by atoms with Gasteiger partial charge in [0.2, 0.25) is 0 Å². The first-order valence-corrected chi connectivity index (χ1v) is 10.5. The van der Waals surface area contributed by atoms with Crippen molar-refractivity contribution >= 4 is 29.9 Å². The van der Waals surface area contributed by atoms with E-state index in [4.69, 9.17) is 14.5 Å². The van der Waals surface area contributed by atoms with E-state index in [2.05, 4.69) is 47.5 Å². The third-order valence-electron chi connectivity index (χ3n) is 5.55. The number of nitrogens with one attached hydrogen (secondary N) is 1. The van der Waals surface area contributed by atoms with Crippen LogP contribution in [0.4, 0.5) is 0 Å². The summed E-state index contributed by atoms with van der Waals surface area (Å²) in [7, 11) is 1.74. The molecule has 1 saturated heterocycles. The average molecular weight is 501 g/mol. The number of aliphatic imine (C=N–C) groups is 1. The molecule has 158 valence electrons. The molecule has 3 rings (SSSR count). The second-order valence-corrected chi connectivity index (χ2v) is 7.61. The minimum Gasteiger partial charge on any atom is -0.385 e. The van der Waals surface area contributed by atoms with Gasteiger partial charge in [-0.15, -0.1) is 24.0 Å². The van der Waals surface area contributed by atoms with Crippen LogP contribution >= 0.6 is 24.0 Å². The Bertz CT molecular complexity index is 576. The van der Waals surface area contributed by atoms with Crippen LogP contribution in [0.2, 0.25) is 0 Å². The molecule has 0 aromatic heterocycles. The van der Waals surface area contributed by atoms with Crippen LogP contribution in [-0.2, 0) is 9.47 Å². The zero-order chi connectivity index (χ0) is 18.9. The van der Waals surface area contributed by atoms with Crippen LogP contribution < -0.4 is 5.32 Å². The van der Waals surface area contributed by atoms with Gasteiger partial charge in [-0.2, -0.15) is 0 Å². The molecule has 28 heavy (non-hydrogen) atoms. The van der Waals surface area contributed by atoms with E-state index in [0.717, 1.165) is 64.6 Å². The number of hydrogen-bond donors (Lipinski definition) is 1. The monoisotopic (exact) mass is 501 g/mol. The lowest BCUT2D eigenvalue weighted by Crippen LogP contribution is -2.47. The smallest absolute Gasteiger partial charge is 0.193 e. The molecule has 1 saturated carbocycles. The van der Waals surface area contributed by atoms with Crippen molar-refractivity contribution in [3.63, 3.8) is 0 Å². The Morgan fingerprint density at radius 2 is 1.93 bits per heavy atom. The second kappa shape index (κ2) is 12.6. The molecule has 1 aliphatic carbocycles. The fourth-order valence-corrected chi connectivity index (χ4v) is 3.87. The molecular formula is C22H36IN3O2. The van der Waals surface area contributed by atoms with Crippen LogP contribution in [0.1, 0.15) is 44.1 Å². The van der Waals surface area contributed by atoms with E-state index in [1.54, 1.807) is 7.11 Å². The molecule has 0 spiro atoms. The minimum absolute atomic E-state index is 0. The summed E-state index contributed by atoms with van der Waals surface area (Å²) in [6.45, 7) is 7.61. The number of methoxy groups -OCH3 is 1. The van der Waals surface area contributed by atoms with Gasteiger partial charge in [0, 0.05) is 46.5 Å². The van der Waals surface area contributed by atoms with E-state index in [9.17, 15) is 0 Å². The number of ether oxygens (including phenoxy) is 2. The maximum absolute atomic E-state index is 5.98. The number of guanidine groups is 1. The van der Waals surface area contributed by atoms with E-state index < -0.39 is 0 Å². The van der Waals surface area contributed by atoms with Crippen molar-refractivity contribution in [2.45, 2.75) is 44.6 Å². The summed E-state index contributed by atoms with van der Waals surface area (Å²) >= 11 is 0. The molecule has 1 aromatic rings. The third kappa shape index (κ3) is 7.19. The summed E-state index contributed by atoms with van der Waals surface area (Å²) < 4.78 is 11.1. The van der Waals surface area contributed by atoms with Gasteiger partial charge in [-0.05, 0) is 50.0 Å². The molecule has 1 aromatic carbocycles. The van der Waals surface area contributed by atoms with Crippen LogP contribution in [0.25, 0.3) is 0 Å². The fourth-order valence-electron chi connectivity index (χ4n) is 3.87. The van der Waals surface area contributed by atoms with E-state index in [1.165, 1.54) is 12.0 Å². The molecular weight excluding hydrogens is 465 g/mol. The Kier molecular flexibility index (Phi) is 10.6. The summed E-state index contributed by atoms with van der Waals surface area (Å²) in [5.41, 5.74) is 1.47. The molecule has 0 bridgehead atoms. The zero-order valence-electron chi connectivity index (χ0n) is 17.3. The number of likely N-dealkylation sites (tertiary alicyclic amines) is 1. The molecule has 1 N–H and O–H groups in total. The number of rotatable bonds is 9. The fraction of sp³-hybridized carbons (Fsp3) is 0.682. The van der Waals surface area contributed by atoms with Crippen LogP contribution in [-0.4, -0.2) is 63.5 Å². The largest absolute Gasteiger partial charge is 0.385 e. The molecule has 5 nitrogen and oxygen atoms in total. The highest BCUT2D eigenvalue weighted by molar-refractivity contribution is 14.0. The van der Waals surface area contributed by atoms with Crippen LogP contribution in [0.3, 0.4) is 0 Å². The van der Waals surface area contributed by atoms with Gasteiger partial charge >= 0.3 is 0 Å². The topological polar surface area (TPSA) is 46.1 Å². The number of benzene rings is 1. The van der Waals surface area contributed by atoms with Crippen molar-refractivity contribution in [1.82, 2.24) is 10.2 Å². The van der Waals surface area contributed by atoms with Gasteiger partial charge in [-0.3, -0.25) is 4.99 Å². The van der Waals surface area contributed by atoms with Crippen molar-refractivity contribution in [3.8, 4) is 0 Å². The van der Waals surface area contributed by atoms with Gasteiger partial charge in [0.1, 0.15) is 0 Å². The van der Waals surface area contributed by atoms with Crippen LogP contribution in [0, 0.1) is 5.92 Å². The minimum atomic E-state index is 0. The number of halogens is 1. The Hall–Kier alpha value is -0.860. The van der Waals surface area contributed by atoms with Crippen molar-refractivity contribution in [2.24, 2.45) is 10.9 Å². The average Bonchev–Trinajstić information content (AvgIpc) is 3.49. The number of nitrogens with zero attached hydrogens (tertiary/aromatic N) is 2. The van der Waals surface area contributed by atoms with Crippen LogP contribution in [0.5, 0.6) is 0 Å². The highest BCUT2D eigenvalue weighted by Crippen LogP contribution is 2.47. The van der Waals surface area contributed by atoms with Crippen molar-refractivity contribution < 1.29 is 9.47 Å². The Balaban J connectivity index is 0.00000280. The van der Waals surface area contributed by atoms with Gasteiger partial charge in [0.05, 0.1) is 6.10 Å². The van der Waals surface area contributed by atoms with Crippen LogP contribution in [0.15, 0.2) is 35.3 Å². The summed E-state index contributed by atoms with van der Waals surface area (Å²) in [6.07, 6.45) is 4.78. The second-order valence-electron chi connectivity index (χ2n) is 7.61. The lowest BCUT2D eigenvalue weighted by Gasteiger charge is -2.34. The first kappa shape index (κ1) is 23.4. The van der Waals surface area contributed by atoms with Gasteiger partial charge in [-0.1, -0.05) is 30.3 Å². The molecule has 2 aliphatic rings. The first-order valence-electron chi connectivity index (χ1n) is 10.5. The lowest BCUT2D eigenvalue weighted by molar-refractivity contribution is 0.00990. The predicted octanol–water partition coefficient (Wildman–Crippen LogP) is 3.89. The molecule has 6 heteroatoms. The molecule has 2 atom stereocenters. The van der Waals surface area contributed by atoms with E-state index in [1.807, 2.05) is 0 Å². The van der Waals surface area contributed by atoms with Crippen molar-refractivity contribution in [2.75, 3.05) is 46.5 Å². The normalized spacial score (nSPS) is 22.6. The molecule has 1 heterocycles. The summed E-state index contributed by atoms with van der Waals surface area (Å²) in [6, 6.07) is 10.9. The standard InChI is InChI=1S/C22H35N3O2.HI/c1-3-23-22(24-17-19-16-21(19)18-8-5-4-6-9-18)25-12-10-20(11-13-25)27-15-7-14-26-2;/h4-6,8-9,19-21H,3,7,10-17H2,1-2H3,(H,23,24);1H. The van der Waals surface area contributed by atoms with Crippen molar-refractivity contribution in [1.29, 1.82) is 0 Å². The number of hydrogen-bond acceptors (Lipinski definition) is 3. The predicted molar refractivity (Wildman–Crippen MR) is 126 cm³/mol. The molecule has 2 fully saturated rings. The lowest BCUT2D eigenvalue weighted by atomic mass is 10.1. The maximum atomic E-state index is 5.98. The van der Waals surface area contributed by atoms with Crippen molar-refractivity contribution in [3.05, 3.63) is 35.9 Å². The number of piperidine rings is 1. The summed E-state index contributed by atoms with van der Waals surface area (Å²) in [5.74, 6) is 2.47. The third-order valence-corrected chi connectivity index (χ3v) is 5.55. The first-order chi connectivity index (χ1) is 13.3. The van der Waals surface area contributed by atoms with E-state index in [0.29, 0.717) is 17.9 Å². The van der Waals surface area contributed by atoms with E-state index in [-0.39, 0.29) is 24.0 Å². The Morgan fingerprint density at radius 3 is 2.61 bits per heavy atom. The Labute approximate surface area is 187 Å². The zero-order valence-corrected chi connectivity index (χ0v) is 19.6. The molecule has 0 amide bonds. The van der Waals surface area contributed by atoms with Gasteiger partial charge in [0.25, 0.3) is 0 Å². The summed E-state index contributed by atoms with van der Waals surface area (Å²) in [5, 5.41) is 3.48. The molecule has 0 radical (unpaired) electrons. The molecule has 1 aliphatic heterocycles. The maximum Gasteiger partial charge on any atom is 0.193 e. The highest BCUT2D eigenvalue weighted by Gasteiger charge is 2.38. The van der Waals surface area contributed by atoms with E-state index >= 15 is 0 Å². The molecule has 2 unspecified atom stereocenters. The van der Waals surface area contributed by atoms with Gasteiger partial charge in [0.15, 0.2) is 5.96 Å². The SMILES string of the molecule is CCNC(=NCC1CC1c1ccccc1)N1CCC(OCCCOC)CC1.I. The highest BCUT2D eigenvalue weighted by atomic mass is 127. The van der Waals surface area contributed by atoms with Gasteiger partial charge < -0.3 is 19.7 Å².